The maximum Gasteiger partial charge on any atom is 0.248 e. The molecule has 3 amide bonds. The van der Waals surface area contributed by atoms with Crippen LogP contribution in [0.2, 0.25) is 0 Å². The second-order valence-corrected chi connectivity index (χ2v) is 9.82. The first-order valence-electron chi connectivity index (χ1n) is 12.5. The molecule has 7 nitrogen and oxygen atoms in total. The lowest BCUT2D eigenvalue weighted by molar-refractivity contribution is -0.154. The zero-order valence-electron chi connectivity index (χ0n) is 21.0. The van der Waals surface area contributed by atoms with Crippen molar-refractivity contribution >= 4 is 17.7 Å². The largest absolute Gasteiger partial charge is 0.377 e. The molecule has 0 spiro atoms. The molecule has 2 heterocycles. The minimum absolute atomic E-state index is 0.0368. The lowest BCUT2D eigenvalue weighted by Gasteiger charge is -2.37. The first kappa shape index (κ1) is 25.8. The van der Waals surface area contributed by atoms with Gasteiger partial charge in [-0.3, -0.25) is 14.4 Å². The molecular formula is C28H34FN3O4. The van der Waals surface area contributed by atoms with Crippen LogP contribution in [0.25, 0.3) is 0 Å². The van der Waals surface area contributed by atoms with Gasteiger partial charge in [-0.15, -0.1) is 0 Å². The highest BCUT2D eigenvalue weighted by Gasteiger charge is 2.44. The summed E-state index contributed by atoms with van der Waals surface area (Å²) in [5.74, 6) is -0.747. The fourth-order valence-electron chi connectivity index (χ4n) is 4.97. The molecule has 2 aliphatic rings. The van der Waals surface area contributed by atoms with Gasteiger partial charge in [0.05, 0.1) is 25.8 Å². The van der Waals surface area contributed by atoms with E-state index in [0.717, 1.165) is 11.1 Å². The molecule has 0 bridgehead atoms. The van der Waals surface area contributed by atoms with Crippen molar-refractivity contribution in [3.63, 3.8) is 0 Å². The minimum Gasteiger partial charge on any atom is -0.377 e. The third-order valence-corrected chi connectivity index (χ3v) is 7.01. The van der Waals surface area contributed by atoms with Crippen molar-refractivity contribution in [2.45, 2.75) is 57.4 Å². The third kappa shape index (κ3) is 5.59. The normalized spacial score (nSPS) is 23.0. The molecule has 192 valence electrons. The Bertz CT molecular complexity index is 1080. The summed E-state index contributed by atoms with van der Waals surface area (Å²) in [6, 6.07) is 15.4. The predicted molar refractivity (Wildman–Crippen MR) is 134 cm³/mol. The highest BCUT2D eigenvalue weighted by atomic mass is 19.1. The van der Waals surface area contributed by atoms with Gasteiger partial charge in [-0.05, 0) is 22.6 Å². The van der Waals surface area contributed by atoms with E-state index in [9.17, 15) is 18.8 Å². The van der Waals surface area contributed by atoms with Crippen molar-refractivity contribution in [3.8, 4) is 0 Å². The Balaban J connectivity index is 1.58. The standard InChI is InChI=1S/C28H34FN3O4/c1-18(2)20-9-11-22(12-10-20)26(21-7-5-4-6-8-21)30-27(34)24-15-23(29)16-32(24)28(35)25-17-36-14-13-31(25)19(3)33/h4-12,18,23-26H,13-17H2,1-3H3,(H,30,34). The Labute approximate surface area is 211 Å². The van der Waals surface area contributed by atoms with E-state index < -0.39 is 36.1 Å². The van der Waals surface area contributed by atoms with Gasteiger partial charge < -0.3 is 19.9 Å². The number of carbonyl (C=O) groups is 3. The van der Waals surface area contributed by atoms with Crippen LogP contribution in [-0.2, 0) is 19.1 Å². The number of ether oxygens (including phenoxy) is 1. The summed E-state index contributed by atoms with van der Waals surface area (Å²) < 4.78 is 20.0. The monoisotopic (exact) mass is 495 g/mol. The number of benzene rings is 2. The van der Waals surface area contributed by atoms with Crippen LogP contribution in [0.3, 0.4) is 0 Å². The van der Waals surface area contributed by atoms with Crippen molar-refractivity contribution in [3.05, 3.63) is 71.3 Å². The molecule has 0 aliphatic carbocycles. The van der Waals surface area contributed by atoms with E-state index in [0.29, 0.717) is 12.5 Å². The number of carbonyl (C=O) groups excluding carboxylic acids is 3. The summed E-state index contributed by atoms with van der Waals surface area (Å²) in [6.07, 6.45) is -1.40. The molecule has 2 fully saturated rings. The first-order chi connectivity index (χ1) is 17.3. The average molecular weight is 496 g/mol. The Hall–Kier alpha value is -3.26. The minimum atomic E-state index is -1.32. The van der Waals surface area contributed by atoms with Gasteiger partial charge in [-0.25, -0.2) is 4.39 Å². The van der Waals surface area contributed by atoms with Crippen LogP contribution < -0.4 is 5.32 Å². The number of nitrogens with zero attached hydrogens (tertiary/aromatic N) is 2. The highest BCUT2D eigenvalue weighted by molar-refractivity contribution is 5.93. The predicted octanol–water partition coefficient (Wildman–Crippen LogP) is 3.20. The SMILES string of the molecule is CC(=O)N1CCOCC1C(=O)N1CC(F)CC1C(=O)NC(c1ccccc1)c1ccc(C(C)C)cc1. The van der Waals surface area contributed by atoms with Gasteiger partial charge in [0.25, 0.3) is 0 Å². The van der Waals surface area contributed by atoms with E-state index in [1.807, 2.05) is 54.6 Å². The van der Waals surface area contributed by atoms with Gasteiger partial charge in [0, 0.05) is 19.9 Å². The molecular weight excluding hydrogens is 461 g/mol. The van der Waals surface area contributed by atoms with Gasteiger partial charge in [0.15, 0.2) is 0 Å². The number of hydrogen-bond donors (Lipinski definition) is 1. The Morgan fingerprint density at radius 2 is 1.58 bits per heavy atom. The first-order valence-corrected chi connectivity index (χ1v) is 12.5. The quantitative estimate of drug-likeness (QED) is 0.668. The Morgan fingerprint density at radius 1 is 0.944 bits per heavy atom. The molecule has 2 aromatic rings. The van der Waals surface area contributed by atoms with Crippen LogP contribution in [-0.4, -0.2) is 72.1 Å². The molecule has 4 rings (SSSR count). The number of rotatable bonds is 6. The number of halogens is 1. The fraction of sp³-hybridized carbons (Fsp3) is 0.464. The summed E-state index contributed by atoms with van der Waals surface area (Å²) in [4.78, 5) is 41.8. The van der Waals surface area contributed by atoms with E-state index in [1.54, 1.807) is 0 Å². The molecule has 8 heteroatoms. The molecule has 2 aliphatic heterocycles. The molecule has 2 saturated heterocycles. The molecule has 4 unspecified atom stereocenters. The zero-order valence-corrected chi connectivity index (χ0v) is 21.0. The second-order valence-electron chi connectivity index (χ2n) is 9.82. The molecule has 0 aromatic heterocycles. The summed E-state index contributed by atoms with van der Waals surface area (Å²) in [7, 11) is 0. The van der Waals surface area contributed by atoms with Crippen molar-refractivity contribution in [1.82, 2.24) is 15.1 Å². The average Bonchev–Trinajstić information content (AvgIpc) is 3.29. The van der Waals surface area contributed by atoms with E-state index in [1.165, 1.54) is 22.3 Å². The lowest BCUT2D eigenvalue weighted by Crippen LogP contribution is -2.58. The number of amides is 3. The number of alkyl halides is 1. The van der Waals surface area contributed by atoms with Crippen LogP contribution in [0, 0.1) is 0 Å². The van der Waals surface area contributed by atoms with Crippen LogP contribution in [0.5, 0.6) is 0 Å². The van der Waals surface area contributed by atoms with Crippen LogP contribution in [0.1, 0.15) is 55.8 Å². The Morgan fingerprint density at radius 3 is 2.22 bits per heavy atom. The van der Waals surface area contributed by atoms with Crippen LogP contribution >= 0.6 is 0 Å². The molecule has 2 aromatic carbocycles. The van der Waals surface area contributed by atoms with Gasteiger partial charge in [-0.2, -0.15) is 0 Å². The summed E-state index contributed by atoms with van der Waals surface area (Å²) >= 11 is 0. The van der Waals surface area contributed by atoms with Crippen molar-refractivity contribution in [1.29, 1.82) is 0 Å². The fourth-order valence-corrected chi connectivity index (χ4v) is 4.97. The smallest absolute Gasteiger partial charge is 0.248 e. The highest BCUT2D eigenvalue weighted by Crippen LogP contribution is 2.28. The maximum absolute atomic E-state index is 14.6. The topological polar surface area (TPSA) is 79.0 Å². The van der Waals surface area contributed by atoms with Gasteiger partial charge >= 0.3 is 0 Å². The summed E-state index contributed by atoms with van der Waals surface area (Å²) in [5.41, 5.74) is 2.98. The van der Waals surface area contributed by atoms with Crippen molar-refractivity contribution in [2.75, 3.05) is 26.3 Å². The number of likely N-dealkylation sites (tertiary alicyclic amines) is 1. The van der Waals surface area contributed by atoms with Crippen molar-refractivity contribution in [2.24, 2.45) is 0 Å². The van der Waals surface area contributed by atoms with Gasteiger partial charge in [0.2, 0.25) is 17.7 Å². The van der Waals surface area contributed by atoms with Gasteiger partial charge in [-0.1, -0.05) is 68.4 Å². The number of hydrogen-bond acceptors (Lipinski definition) is 4. The molecule has 1 N–H and O–H groups in total. The lowest BCUT2D eigenvalue weighted by atomic mass is 9.95. The molecule has 0 radical (unpaired) electrons. The summed E-state index contributed by atoms with van der Waals surface area (Å²) in [6.45, 7) is 6.12. The Kier molecular flexibility index (Phi) is 8.04. The van der Waals surface area contributed by atoms with E-state index in [2.05, 4.69) is 19.2 Å². The van der Waals surface area contributed by atoms with Crippen molar-refractivity contribution < 1.29 is 23.5 Å². The number of nitrogens with one attached hydrogen (secondary N) is 1. The zero-order chi connectivity index (χ0) is 25.8. The van der Waals surface area contributed by atoms with E-state index in [-0.39, 0.29) is 32.0 Å². The molecule has 0 saturated carbocycles. The third-order valence-electron chi connectivity index (χ3n) is 7.01. The maximum atomic E-state index is 14.6. The van der Waals surface area contributed by atoms with Gasteiger partial charge in [0.1, 0.15) is 18.3 Å². The second kappa shape index (κ2) is 11.2. The van der Waals surface area contributed by atoms with E-state index >= 15 is 0 Å². The summed E-state index contributed by atoms with van der Waals surface area (Å²) in [5, 5.41) is 3.07. The number of morpholine rings is 1. The van der Waals surface area contributed by atoms with Crippen LogP contribution in [0.15, 0.2) is 54.6 Å². The molecule has 4 atom stereocenters. The van der Waals surface area contributed by atoms with E-state index in [4.69, 9.17) is 4.74 Å². The molecule has 36 heavy (non-hydrogen) atoms. The van der Waals surface area contributed by atoms with Crippen LogP contribution in [0.4, 0.5) is 4.39 Å².